The lowest BCUT2D eigenvalue weighted by atomic mass is 10.2. The van der Waals surface area contributed by atoms with E-state index >= 15 is 0 Å². The van der Waals surface area contributed by atoms with Crippen LogP contribution in [0.1, 0.15) is 26.2 Å². The second-order valence-electron chi connectivity index (χ2n) is 4.46. The van der Waals surface area contributed by atoms with Gasteiger partial charge < -0.3 is 10.1 Å². The van der Waals surface area contributed by atoms with Gasteiger partial charge in [-0.3, -0.25) is 0 Å². The van der Waals surface area contributed by atoms with Gasteiger partial charge in [-0.15, -0.1) is 0 Å². The zero-order chi connectivity index (χ0) is 13.7. The van der Waals surface area contributed by atoms with E-state index in [9.17, 15) is 8.78 Å². The van der Waals surface area contributed by atoms with Crippen LogP contribution in [0.25, 0.3) is 0 Å². The number of thioether (sulfide) groups is 1. The summed E-state index contributed by atoms with van der Waals surface area (Å²) >= 11 is 1.37. The molecular weight excluding hydrogens is 270 g/mol. The van der Waals surface area contributed by atoms with E-state index < -0.39 is 11.6 Å². The molecule has 2 rings (SSSR count). The Bertz CT molecular complexity index is 425. The number of halogens is 2. The molecule has 1 aromatic heterocycles. The van der Waals surface area contributed by atoms with Crippen molar-refractivity contribution in [3.63, 3.8) is 0 Å². The minimum atomic E-state index is -0.637. The van der Waals surface area contributed by atoms with Crippen LogP contribution in [-0.4, -0.2) is 30.0 Å². The summed E-state index contributed by atoms with van der Waals surface area (Å²) in [6.07, 6.45) is 2.61. The molecule has 2 heterocycles. The zero-order valence-corrected chi connectivity index (χ0v) is 11.7. The van der Waals surface area contributed by atoms with Crippen molar-refractivity contribution in [2.24, 2.45) is 0 Å². The van der Waals surface area contributed by atoms with Gasteiger partial charge in [0.1, 0.15) is 5.03 Å². The molecule has 0 aromatic carbocycles. The standard InChI is InChI=1S/C13H18F2N2OS/c1-2-5-16-12-10(14)8-11(15)13(17-12)19-9-3-6-18-7-4-9/h8-9H,2-7H2,1H3,(H,16,17). The summed E-state index contributed by atoms with van der Waals surface area (Å²) in [7, 11) is 0. The number of aromatic nitrogens is 1. The first-order chi connectivity index (χ1) is 9.20. The van der Waals surface area contributed by atoms with E-state index in [-0.39, 0.29) is 10.8 Å². The Balaban J connectivity index is 2.09. The molecule has 1 aromatic rings. The SMILES string of the molecule is CCCNc1nc(SC2CCOCC2)c(F)cc1F. The highest BCUT2D eigenvalue weighted by Gasteiger charge is 2.19. The van der Waals surface area contributed by atoms with E-state index in [1.165, 1.54) is 11.8 Å². The van der Waals surface area contributed by atoms with Crippen LogP contribution < -0.4 is 5.32 Å². The third kappa shape index (κ3) is 4.04. The van der Waals surface area contributed by atoms with Crippen molar-refractivity contribution < 1.29 is 13.5 Å². The molecule has 0 saturated carbocycles. The average Bonchev–Trinajstić information content (AvgIpc) is 2.42. The van der Waals surface area contributed by atoms with Crippen LogP contribution in [0.15, 0.2) is 11.1 Å². The molecule has 1 aliphatic rings. The van der Waals surface area contributed by atoms with Crippen molar-refractivity contribution in [3.8, 4) is 0 Å². The van der Waals surface area contributed by atoms with Gasteiger partial charge in [0.05, 0.1) is 0 Å². The van der Waals surface area contributed by atoms with E-state index in [2.05, 4.69) is 10.3 Å². The summed E-state index contributed by atoms with van der Waals surface area (Å²) in [6.45, 7) is 3.99. The molecule has 6 heteroatoms. The van der Waals surface area contributed by atoms with Gasteiger partial charge in [0, 0.05) is 31.1 Å². The highest BCUT2D eigenvalue weighted by Crippen LogP contribution is 2.31. The molecule has 1 N–H and O–H groups in total. The van der Waals surface area contributed by atoms with Gasteiger partial charge in [-0.05, 0) is 19.3 Å². The maximum atomic E-state index is 13.7. The minimum Gasteiger partial charge on any atom is -0.381 e. The molecule has 0 amide bonds. The molecule has 0 atom stereocenters. The van der Waals surface area contributed by atoms with E-state index in [0.717, 1.165) is 25.3 Å². The number of hydrogen-bond donors (Lipinski definition) is 1. The summed E-state index contributed by atoms with van der Waals surface area (Å²) in [5.41, 5.74) is 0. The first-order valence-corrected chi connectivity index (χ1v) is 7.43. The Hall–Kier alpha value is -0.880. The average molecular weight is 288 g/mol. The first-order valence-electron chi connectivity index (χ1n) is 6.55. The molecule has 0 radical (unpaired) electrons. The third-order valence-electron chi connectivity index (χ3n) is 2.89. The van der Waals surface area contributed by atoms with Crippen molar-refractivity contribution in [2.75, 3.05) is 25.1 Å². The number of pyridine rings is 1. The largest absolute Gasteiger partial charge is 0.381 e. The van der Waals surface area contributed by atoms with Gasteiger partial charge in [-0.25, -0.2) is 13.8 Å². The molecule has 19 heavy (non-hydrogen) atoms. The fourth-order valence-electron chi connectivity index (χ4n) is 1.85. The number of rotatable bonds is 5. The topological polar surface area (TPSA) is 34.2 Å². The Kier molecular flexibility index (Phi) is 5.39. The normalized spacial score (nSPS) is 16.6. The number of nitrogens with one attached hydrogen (secondary N) is 1. The zero-order valence-electron chi connectivity index (χ0n) is 10.9. The fraction of sp³-hybridized carbons (Fsp3) is 0.615. The van der Waals surface area contributed by atoms with Crippen molar-refractivity contribution in [1.82, 2.24) is 4.98 Å². The van der Waals surface area contributed by atoms with Crippen molar-refractivity contribution in [3.05, 3.63) is 17.7 Å². The lowest BCUT2D eigenvalue weighted by Crippen LogP contribution is -2.18. The third-order valence-corrected chi connectivity index (χ3v) is 4.20. The summed E-state index contributed by atoms with van der Waals surface area (Å²) in [5.74, 6) is -1.09. The van der Waals surface area contributed by atoms with Crippen LogP contribution in [0.3, 0.4) is 0 Å². The van der Waals surface area contributed by atoms with Crippen LogP contribution in [0.4, 0.5) is 14.6 Å². The summed E-state index contributed by atoms with van der Waals surface area (Å²) < 4.78 is 32.5. The highest BCUT2D eigenvalue weighted by molar-refractivity contribution is 7.99. The van der Waals surface area contributed by atoms with E-state index in [1.54, 1.807) is 0 Å². The lowest BCUT2D eigenvalue weighted by molar-refractivity contribution is 0.1000. The van der Waals surface area contributed by atoms with E-state index in [4.69, 9.17) is 4.74 Å². The minimum absolute atomic E-state index is 0.137. The predicted molar refractivity (Wildman–Crippen MR) is 72.6 cm³/mol. The van der Waals surface area contributed by atoms with E-state index in [1.807, 2.05) is 6.92 Å². The van der Waals surface area contributed by atoms with Crippen LogP contribution >= 0.6 is 11.8 Å². The number of ether oxygens (including phenoxy) is 1. The van der Waals surface area contributed by atoms with Crippen LogP contribution in [0.2, 0.25) is 0 Å². The Morgan fingerprint density at radius 2 is 2.11 bits per heavy atom. The number of anilines is 1. The van der Waals surface area contributed by atoms with Crippen molar-refractivity contribution in [1.29, 1.82) is 0 Å². The monoisotopic (exact) mass is 288 g/mol. The second kappa shape index (κ2) is 7.05. The van der Waals surface area contributed by atoms with E-state index in [0.29, 0.717) is 25.0 Å². The van der Waals surface area contributed by atoms with Crippen LogP contribution in [-0.2, 0) is 4.74 Å². The fourth-order valence-corrected chi connectivity index (χ4v) is 2.91. The summed E-state index contributed by atoms with van der Waals surface area (Å²) in [5, 5.41) is 3.44. The molecule has 1 aliphatic heterocycles. The quantitative estimate of drug-likeness (QED) is 0.900. The van der Waals surface area contributed by atoms with Crippen molar-refractivity contribution >= 4 is 17.6 Å². The van der Waals surface area contributed by atoms with Gasteiger partial charge >= 0.3 is 0 Å². The predicted octanol–water partition coefficient (Wildman–Crippen LogP) is 3.45. The maximum absolute atomic E-state index is 13.7. The molecule has 0 spiro atoms. The number of nitrogens with zero attached hydrogens (tertiary/aromatic N) is 1. The lowest BCUT2D eigenvalue weighted by Gasteiger charge is -2.21. The van der Waals surface area contributed by atoms with Gasteiger partial charge in [0.15, 0.2) is 17.5 Å². The van der Waals surface area contributed by atoms with Crippen molar-refractivity contribution in [2.45, 2.75) is 36.5 Å². The molecule has 0 unspecified atom stereocenters. The Morgan fingerprint density at radius 3 is 2.79 bits per heavy atom. The highest BCUT2D eigenvalue weighted by atomic mass is 32.2. The Labute approximate surface area is 116 Å². The van der Waals surface area contributed by atoms with Gasteiger partial charge in [-0.2, -0.15) is 0 Å². The molecule has 106 valence electrons. The Morgan fingerprint density at radius 1 is 1.37 bits per heavy atom. The molecule has 0 aliphatic carbocycles. The molecule has 0 bridgehead atoms. The van der Waals surface area contributed by atoms with Gasteiger partial charge in [-0.1, -0.05) is 18.7 Å². The van der Waals surface area contributed by atoms with Crippen LogP contribution in [0.5, 0.6) is 0 Å². The van der Waals surface area contributed by atoms with Crippen LogP contribution in [0, 0.1) is 11.6 Å². The number of hydrogen-bond acceptors (Lipinski definition) is 4. The van der Waals surface area contributed by atoms with Gasteiger partial charge in [0.2, 0.25) is 0 Å². The molecular formula is C13H18F2N2OS. The molecule has 3 nitrogen and oxygen atoms in total. The first kappa shape index (κ1) is 14.5. The summed E-state index contributed by atoms with van der Waals surface area (Å²) in [6, 6.07) is 0.909. The molecule has 1 saturated heterocycles. The van der Waals surface area contributed by atoms with Gasteiger partial charge in [0.25, 0.3) is 0 Å². The maximum Gasteiger partial charge on any atom is 0.168 e. The second-order valence-corrected chi connectivity index (χ2v) is 5.75. The molecule has 1 fully saturated rings. The smallest absolute Gasteiger partial charge is 0.168 e. The summed E-state index contributed by atoms with van der Waals surface area (Å²) in [4.78, 5) is 4.06.